The second-order valence-corrected chi connectivity index (χ2v) is 4.67. The summed E-state index contributed by atoms with van der Waals surface area (Å²) in [6.07, 6.45) is 3.48. The van der Waals surface area contributed by atoms with Crippen LogP contribution in [0.15, 0.2) is 66.8 Å². The predicted octanol–water partition coefficient (Wildman–Crippen LogP) is 2.81. The first-order valence-corrected chi connectivity index (χ1v) is 7.05. The second kappa shape index (κ2) is 8.37. The number of fused-ring (bicyclic) bond motifs is 1. The van der Waals surface area contributed by atoms with Crippen LogP contribution in [0.4, 0.5) is 0 Å². The highest BCUT2D eigenvalue weighted by molar-refractivity contribution is 6.34. The molecule has 0 aliphatic carbocycles. The van der Waals surface area contributed by atoms with Gasteiger partial charge in [0.05, 0.1) is 11.6 Å². The maximum Gasteiger partial charge on any atom is 0.297 e. The Labute approximate surface area is 135 Å². The Morgan fingerprint density at radius 2 is 1.78 bits per heavy atom. The lowest BCUT2D eigenvalue weighted by atomic mass is 10.00. The third-order valence-corrected chi connectivity index (χ3v) is 3.07. The van der Waals surface area contributed by atoms with Gasteiger partial charge in [0, 0.05) is 11.6 Å². The van der Waals surface area contributed by atoms with Gasteiger partial charge in [-0.15, -0.1) is 0 Å². The van der Waals surface area contributed by atoms with Crippen molar-refractivity contribution in [1.82, 2.24) is 4.98 Å². The van der Waals surface area contributed by atoms with E-state index in [1.165, 1.54) is 0 Å². The van der Waals surface area contributed by atoms with Crippen molar-refractivity contribution in [3.8, 4) is 11.8 Å². The molecule has 112 valence electrons. The van der Waals surface area contributed by atoms with Crippen molar-refractivity contribution in [2.45, 2.75) is 0 Å². The molecular weight excluding hydrogens is 287 g/mol. The molecule has 0 atom stereocenters. The summed E-state index contributed by atoms with van der Waals surface area (Å²) in [7, 11) is 0.0417. The number of rotatable bonds is 2. The fourth-order valence-electron chi connectivity index (χ4n) is 1.95. The number of nitrogens with zero attached hydrogens (tertiary/aromatic N) is 2. The topological polar surface area (TPSA) is 77.1 Å². The maximum atomic E-state index is 9.31. The number of aromatic nitrogens is 1. The number of phenols is 1. The molecule has 0 spiro atoms. The van der Waals surface area contributed by atoms with E-state index in [1.807, 2.05) is 36.4 Å². The normalized spacial score (nSPS) is 9.91. The summed E-state index contributed by atoms with van der Waals surface area (Å²) in [5, 5.41) is 27.3. The molecule has 0 unspecified atom stereocenters. The van der Waals surface area contributed by atoms with Crippen molar-refractivity contribution < 1.29 is 10.1 Å². The Kier molecular flexibility index (Phi) is 5.93. The van der Waals surface area contributed by atoms with E-state index in [4.69, 9.17) is 10.3 Å². The molecule has 2 aromatic carbocycles. The zero-order valence-electron chi connectivity index (χ0n) is 12.4. The fraction of sp³-hybridized carbons (Fsp3) is 0. The van der Waals surface area contributed by atoms with Crippen LogP contribution in [0.2, 0.25) is 0 Å². The smallest absolute Gasteiger partial charge is 0.297 e. The lowest BCUT2D eigenvalue weighted by Crippen LogP contribution is -1.79. The summed E-state index contributed by atoms with van der Waals surface area (Å²) < 4.78 is 0. The zero-order valence-corrected chi connectivity index (χ0v) is 12.4. The first-order valence-electron chi connectivity index (χ1n) is 7.05. The minimum absolute atomic E-state index is 0.0417. The van der Waals surface area contributed by atoms with Gasteiger partial charge >= 0.3 is 0 Å². The summed E-state index contributed by atoms with van der Waals surface area (Å²) in [4.78, 5) is 4.03. The lowest BCUT2D eigenvalue weighted by Gasteiger charge is -1.96. The number of benzene rings is 2. The molecule has 0 aliphatic heterocycles. The van der Waals surface area contributed by atoms with E-state index in [9.17, 15) is 5.11 Å². The van der Waals surface area contributed by atoms with Crippen LogP contribution in [0, 0.1) is 11.3 Å². The highest BCUT2D eigenvalue weighted by Gasteiger charge is 1.96. The largest absolute Gasteiger partial charge is 0.506 e. The van der Waals surface area contributed by atoms with Crippen LogP contribution in [-0.2, 0) is 0 Å². The Balaban J connectivity index is 0.000000167. The minimum Gasteiger partial charge on any atom is -0.506 e. The van der Waals surface area contributed by atoms with Crippen LogP contribution in [0.3, 0.4) is 0 Å². The molecule has 0 aliphatic rings. The molecule has 23 heavy (non-hydrogen) atoms. The van der Waals surface area contributed by atoms with Gasteiger partial charge in [0.1, 0.15) is 11.3 Å². The van der Waals surface area contributed by atoms with E-state index in [1.54, 1.807) is 42.5 Å². The van der Waals surface area contributed by atoms with E-state index in [-0.39, 0.29) is 13.2 Å². The second-order valence-electron chi connectivity index (χ2n) is 4.67. The van der Waals surface area contributed by atoms with Crippen molar-refractivity contribution >= 4 is 24.5 Å². The number of pyridine rings is 1. The molecule has 0 amide bonds. The van der Waals surface area contributed by atoms with E-state index < -0.39 is 0 Å². The summed E-state index contributed by atoms with van der Waals surface area (Å²) >= 11 is 0. The highest BCUT2D eigenvalue weighted by Crippen LogP contribution is 2.20. The number of aromatic hydroxyl groups is 1. The summed E-state index contributed by atoms with van der Waals surface area (Å²) in [5.74, 6) is 1.89. The zero-order chi connectivity index (χ0) is 16.5. The van der Waals surface area contributed by atoms with Crippen LogP contribution in [0.5, 0.6) is 5.75 Å². The molecule has 4 nitrogen and oxygen atoms in total. The van der Waals surface area contributed by atoms with Gasteiger partial charge in [0.25, 0.3) is 7.48 Å². The average molecular weight is 302 g/mol. The van der Waals surface area contributed by atoms with Crippen molar-refractivity contribution in [2.24, 2.45) is 0 Å². The first-order chi connectivity index (χ1) is 11.2. The number of phenolic OH excluding ortho intramolecular Hbond substituents is 1. The lowest BCUT2D eigenvalue weighted by molar-refractivity contribution is 0.480. The molecule has 5 heteroatoms. The van der Waals surface area contributed by atoms with Crippen molar-refractivity contribution in [1.29, 1.82) is 5.26 Å². The summed E-state index contributed by atoms with van der Waals surface area (Å²) in [6.45, 7) is 0. The molecule has 1 heterocycles. The first kappa shape index (κ1) is 16.3. The van der Waals surface area contributed by atoms with Gasteiger partial charge < -0.3 is 10.1 Å². The number of nitriles is 1. The standard InChI is InChI=1S/C9H8BNO.C9H7NO/c11-7-9-3-1-8(2-4-9)5-6-10-12;11-8-5-1-3-7-4-2-6-10-9(7)8/h1-6,10,12H;1-6,11H. The molecule has 0 bridgehead atoms. The minimum atomic E-state index is 0.0417. The Hall–Kier alpha value is -3.10. The Morgan fingerprint density at radius 3 is 2.43 bits per heavy atom. The predicted molar refractivity (Wildman–Crippen MR) is 93.0 cm³/mol. The number of para-hydroxylation sites is 1. The Morgan fingerprint density at radius 1 is 1.04 bits per heavy atom. The number of hydrogen-bond donors (Lipinski definition) is 2. The van der Waals surface area contributed by atoms with Gasteiger partial charge in [-0.05, 0) is 29.8 Å². The van der Waals surface area contributed by atoms with E-state index >= 15 is 0 Å². The fourth-order valence-corrected chi connectivity index (χ4v) is 1.95. The van der Waals surface area contributed by atoms with Gasteiger partial charge in [-0.25, -0.2) is 0 Å². The van der Waals surface area contributed by atoms with E-state index in [2.05, 4.69) is 4.98 Å². The van der Waals surface area contributed by atoms with Crippen molar-refractivity contribution in [3.63, 3.8) is 0 Å². The van der Waals surface area contributed by atoms with Gasteiger partial charge in [-0.3, -0.25) is 4.98 Å². The monoisotopic (exact) mass is 302 g/mol. The van der Waals surface area contributed by atoms with Crippen LogP contribution < -0.4 is 0 Å². The average Bonchev–Trinajstić information content (AvgIpc) is 2.61. The van der Waals surface area contributed by atoms with E-state index in [0.29, 0.717) is 11.1 Å². The van der Waals surface area contributed by atoms with Crippen LogP contribution in [-0.4, -0.2) is 22.6 Å². The van der Waals surface area contributed by atoms with Crippen LogP contribution in [0.1, 0.15) is 11.1 Å². The number of hydrogen-bond acceptors (Lipinski definition) is 4. The van der Waals surface area contributed by atoms with Gasteiger partial charge in [-0.2, -0.15) is 5.26 Å². The van der Waals surface area contributed by atoms with Gasteiger partial charge in [0.2, 0.25) is 0 Å². The summed E-state index contributed by atoms with van der Waals surface area (Å²) in [5.41, 5.74) is 2.30. The summed E-state index contributed by atoms with van der Waals surface area (Å²) in [6, 6.07) is 18.3. The molecule has 0 saturated heterocycles. The van der Waals surface area contributed by atoms with Crippen molar-refractivity contribution in [3.05, 3.63) is 77.9 Å². The maximum absolute atomic E-state index is 9.31. The molecule has 1 aromatic heterocycles. The Bertz CT molecular complexity index is 834. The molecule has 0 fully saturated rings. The molecule has 3 aromatic rings. The van der Waals surface area contributed by atoms with Crippen LogP contribution >= 0.6 is 0 Å². The van der Waals surface area contributed by atoms with Crippen molar-refractivity contribution in [2.75, 3.05) is 0 Å². The highest BCUT2D eigenvalue weighted by atomic mass is 16.3. The molecule has 2 N–H and O–H groups in total. The molecule has 3 rings (SSSR count). The SMILES string of the molecule is N#Cc1ccc(C=CBO)cc1.Oc1cccc2cccnc12. The third-order valence-electron chi connectivity index (χ3n) is 3.07. The van der Waals surface area contributed by atoms with E-state index in [0.717, 1.165) is 10.9 Å². The molecule has 0 saturated carbocycles. The van der Waals surface area contributed by atoms with Gasteiger partial charge in [0.15, 0.2) is 0 Å². The third kappa shape index (κ3) is 4.70. The quantitative estimate of drug-likeness (QED) is 0.714. The molecular formula is C18H15BN2O2. The molecule has 0 radical (unpaired) electrons. The van der Waals surface area contributed by atoms with Crippen LogP contribution in [0.25, 0.3) is 17.0 Å². The van der Waals surface area contributed by atoms with Gasteiger partial charge in [-0.1, -0.05) is 42.4 Å².